The summed E-state index contributed by atoms with van der Waals surface area (Å²) in [5.74, 6) is 4.49. The molecule has 0 amide bonds. The summed E-state index contributed by atoms with van der Waals surface area (Å²) in [7, 11) is 0. The van der Waals surface area contributed by atoms with Crippen LogP contribution in [-0.4, -0.2) is 68.3 Å². The molecule has 8 aliphatic carbocycles. The van der Waals surface area contributed by atoms with Crippen molar-refractivity contribution in [2.24, 2.45) is 61.1 Å². The first-order chi connectivity index (χ1) is 26.6. The Kier molecular flexibility index (Phi) is 13.3. The van der Waals surface area contributed by atoms with E-state index in [1.54, 1.807) is 0 Å². The molecule has 14 atom stereocenters. The van der Waals surface area contributed by atoms with Gasteiger partial charge in [-0.2, -0.15) is 0 Å². The van der Waals surface area contributed by atoms with Crippen LogP contribution < -0.4 is 3.93 Å². The maximum Gasteiger partial charge on any atom is 0.131 e. The predicted molar refractivity (Wildman–Crippen MR) is 242 cm³/mol. The molecule has 0 aromatic heterocycles. The number of aliphatic hydroxyl groups is 4. The van der Waals surface area contributed by atoms with Gasteiger partial charge in [0, 0.05) is 22.9 Å². The fourth-order valence-corrected chi connectivity index (χ4v) is 14.3. The second-order valence-electron chi connectivity index (χ2n) is 23.3. The van der Waals surface area contributed by atoms with E-state index in [9.17, 15) is 20.4 Å². The summed E-state index contributed by atoms with van der Waals surface area (Å²) in [6.07, 6.45) is 23.1. The molecular formula is C49H86INO6. The average Bonchev–Trinajstić information content (AvgIpc) is 3.56. The van der Waals surface area contributed by atoms with Crippen molar-refractivity contribution in [1.29, 1.82) is 0 Å². The number of hydrogen-bond acceptors (Lipinski definition) is 7. The van der Waals surface area contributed by atoms with Gasteiger partial charge in [-0.05, 0) is 201 Å². The minimum Gasteiger partial charge on any atom is -0.393 e. The molecule has 0 bridgehead atoms. The zero-order chi connectivity index (χ0) is 42.9. The van der Waals surface area contributed by atoms with Gasteiger partial charge in [0.05, 0.1) is 47.8 Å². The van der Waals surface area contributed by atoms with Crippen molar-refractivity contribution in [3.05, 3.63) is 23.3 Å². The molecule has 7 fully saturated rings. The number of fused-ring (bicyclic) bond motifs is 10. The number of ether oxygens (including phenoxy) is 2. The molecule has 0 spiro atoms. The molecule has 7 nitrogen and oxygen atoms in total. The van der Waals surface area contributed by atoms with E-state index < -0.39 is 16.8 Å². The lowest BCUT2D eigenvalue weighted by Crippen LogP contribution is -2.52. The fraction of sp³-hybridized carbons (Fsp3) is 0.918. The molecule has 0 aromatic rings. The zero-order valence-corrected chi connectivity index (χ0v) is 39.1. The first-order valence-electron chi connectivity index (χ1n) is 23.5. The molecule has 0 aromatic carbocycles. The SMILES string of the molecule is C.CC(C)(O)CO[C@H]1CC[C@H]2[C@@H]3CC=C4C[C@@](C)(O)CC[C@]4(C)[C@H]3CC[C@]12C.CC1(C)CO1.C[C@]1(O)CC[C@@]2(C)C(=CC[C@H]3[C@@H]4CC[C@H](O)[C@@]4(C)CC[C@@H]32)C1.[2H]N([3H])I. The van der Waals surface area contributed by atoms with E-state index >= 15 is 0 Å². The lowest BCUT2D eigenvalue weighted by Gasteiger charge is -2.58. The van der Waals surface area contributed by atoms with Gasteiger partial charge in [0.2, 0.25) is 0 Å². The molecule has 1 saturated heterocycles. The van der Waals surface area contributed by atoms with Gasteiger partial charge in [0.1, 0.15) is 2.82 Å². The lowest BCUT2D eigenvalue weighted by molar-refractivity contribution is -0.122. The second-order valence-corrected chi connectivity index (χ2v) is 23.3. The van der Waals surface area contributed by atoms with Gasteiger partial charge in [-0.15, -0.1) is 0 Å². The zero-order valence-electron chi connectivity index (χ0n) is 38.9. The molecule has 8 heteroatoms. The number of halogens is 1. The first-order valence-corrected chi connectivity index (χ1v) is 23.5. The van der Waals surface area contributed by atoms with Crippen LogP contribution in [0.15, 0.2) is 23.3 Å². The predicted octanol–water partition coefficient (Wildman–Crippen LogP) is 10.6. The Labute approximate surface area is 365 Å². The third kappa shape index (κ3) is 9.49. The van der Waals surface area contributed by atoms with Crippen LogP contribution in [0.4, 0.5) is 0 Å². The van der Waals surface area contributed by atoms with E-state index in [4.69, 9.17) is 12.3 Å². The highest BCUT2D eigenvalue weighted by Crippen LogP contribution is 2.67. The smallest absolute Gasteiger partial charge is 0.131 e. The standard InChI is InChI=1S/C24H40O3.C20H32O2.C4H8O.CH4.H2IN/c1-21(2,25)15-27-20-9-8-18-17-7-6-16-14-22(3,26)12-13-23(16,4)19(17)10-11-24(18,20)5;1-18(22)10-11-19(2)13(12-18)4-5-14-15-6-7-17(21)20(15,3)9-8-16(14)19;1-4(2)3-5-4;;1-2/h6,17-20,25-26H,7-15H2,1-5H3;4,14-17,21-22H,5-12H2,1-3H3;3H2,1-2H3;1H4;2H2/t17-,18-,19-,20-,22-,23-,24-;14-,15-,16-,17-,18-,19-,20-;;;/m00.../s1/i/hTD. The van der Waals surface area contributed by atoms with Crippen molar-refractivity contribution in [3.8, 4) is 0 Å². The Morgan fingerprint density at radius 2 is 1.19 bits per heavy atom. The topological polar surface area (TPSA) is 129 Å². The molecule has 6 N–H and O–H groups in total. The van der Waals surface area contributed by atoms with E-state index in [1.165, 1.54) is 85.4 Å². The van der Waals surface area contributed by atoms with Crippen LogP contribution in [0.1, 0.15) is 179 Å². The van der Waals surface area contributed by atoms with E-state index in [0.29, 0.717) is 33.4 Å². The summed E-state index contributed by atoms with van der Waals surface area (Å²) < 4.78 is 23.8. The second kappa shape index (κ2) is 16.9. The summed E-state index contributed by atoms with van der Waals surface area (Å²) in [6.45, 7) is 23.0. The van der Waals surface area contributed by atoms with Crippen molar-refractivity contribution in [2.45, 2.75) is 214 Å². The molecule has 1 aliphatic heterocycles. The van der Waals surface area contributed by atoms with Crippen molar-refractivity contribution in [1.82, 2.24) is 0 Å². The quantitative estimate of drug-likeness (QED) is 0.0825. The Morgan fingerprint density at radius 1 is 0.772 bits per heavy atom. The van der Waals surface area contributed by atoms with Gasteiger partial charge in [0.25, 0.3) is 0 Å². The molecule has 57 heavy (non-hydrogen) atoms. The summed E-state index contributed by atoms with van der Waals surface area (Å²) in [4.78, 5) is 0. The van der Waals surface area contributed by atoms with Crippen molar-refractivity contribution < 1.29 is 32.7 Å². The third-order valence-electron chi connectivity index (χ3n) is 18.0. The number of rotatable bonds is 3. The Morgan fingerprint density at radius 3 is 1.63 bits per heavy atom. The molecule has 9 rings (SSSR count). The Hall–Kier alpha value is -0.0700. The van der Waals surface area contributed by atoms with Crippen LogP contribution in [0.5, 0.6) is 0 Å². The number of allylic oxidation sites excluding steroid dienone is 2. The molecule has 330 valence electrons. The van der Waals surface area contributed by atoms with E-state index in [2.05, 4.69) is 53.7 Å². The van der Waals surface area contributed by atoms with Crippen LogP contribution in [-0.2, 0) is 9.47 Å². The molecule has 0 unspecified atom stereocenters. The molecule has 0 radical (unpaired) electrons. The first kappa shape index (κ1) is 45.0. The monoisotopic (exact) mass is 915 g/mol. The van der Waals surface area contributed by atoms with Crippen molar-refractivity contribution in [2.75, 3.05) is 13.2 Å². The highest BCUT2D eigenvalue weighted by molar-refractivity contribution is 14.1. The van der Waals surface area contributed by atoms with Gasteiger partial charge in [-0.25, -0.2) is 0 Å². The third-order valence-corrected chi connectivity index (χ3v) is 18.0. The maximum absolute atomic E-state index is 10.6. The largest absolute Gasteiger partial charge is 0.393 e. The molecular weight excluding hydrogens is 825 g/mol. The fourth-order valence-electron chi connectivity index (χ4n) is 14.3. The van der Waals surface area contributed by atoms with E-state index in [1.807, 2.05) is 27.7 Å². The van der Waals surface area contributed by atoms with Gasteiger partial charge in [-0.1, -0.05) is 58.4 Å². The minimum atomic E-state index is -0.749. The lowest BCUT2D eigenvalue weighted by atomic mass is 9.47. The highest BCUT2D eigenvalue weighted by atomic mass is 127. The van der Waals surface area contributed by atoms with Crippen LogP contribution in [0.3, 0.4) is 0 Å². The van der Waals surface area contributed by atoms with E-state index in [-0.39, 0.29) is 30.0 Å². The van der Waals surface area contributed by atoms with Gasteiger partial charge in [0.15, 0.2) is 0 Å². The normalized spacial score (nSPS) is 49.1. The van der Waals surface area contributed by atoms with Crippen molar-refractivity contribution in [3.63, 3.8) is 0 Å². The summed E-state index contributed by atoms with van der Waals surface area (Å²) in [6, 6.07) is 0. The number of aliphatic hydroxyl groups excluding tert-OH is 1. The number of epoxide rings is 1. The average molecular weight is 915 g/mol. The van der Waals surface area contributed by atoms with Crippen LogP contribution >= 0.6 is 22.9 Å². The van der Waals surface area contributed by atoms with Gasteiger partial charge in [-0.3, -0.25) is 3.93 Å². The Bertz CT molecular complexity index is 1520. The van der Waals surface area contributed by atoms with Gasteiger partial charge >= 0.3 is 0 Å². The Balaban J connectivity index is 0.000000185. The van der Waals surface area contributed by atoms with Crippen LogP contribution in [0, 0.1) is 57.2 Å². The highest BCUT2D eigenvalue weighted by Gasteiger charge is 2.61. The summed E-state index contributed by atoms with van der Waals surface area (Å²) in [5.41, 5.74) is 2.59. The number of nitrogens with two attached hydrogens (primary N) is 1. The maximum atomic E-state index is 10.6. The van der Waals surface area contributed by atoms with Crippen LogP contribution in [0.25, 0.3) is 0 Å². The summed E-state index contributed by atoms with van der Waals surface area (Å²) >= 11 is 1.51. The van der Waals surface area contributed by atoms with Gasteiger partial charge < -0.3 is 29.9 Å². The van der Waals surface area contributed by atoms with Crippen LogP contribution in [0.2, 0.25) is 2.82 Å². The molecule has 1 heterocycles. The molecule has 9 aliphatic rings. The summed E-state index contributed by atoms with van der Waals surface area (Å²) in [5, 5.41) is 41.7. The van der Waals surface area contributed by atoms with E-state index in [0.717, 1.165) is 87.6 Å². The minimum absolute atomic E-state index is 0. The number of hydrogen-bond donors (Lipinski definition) is 5. The molecule has 6 saturated carbocycles. The van der Waals surface area contributed by atoms with Crippen molar-refractivity contribution >= 4 is 22.9 Å².